The van der Waals surface area contributed by atoms with E-state index in [1.165, 1.54) is 12.8 Å². The highest BCUT2D eigenvalue weighted by molar-refractivity contribution is 6.20. The molecule has 0 spiro atoms. The van der Waals surface area contributed by atoms with Gasteiger partial charge in [-0.2, -0.15) is 0 Å². The molecular formula is C7H16ClN. The van der Waals surface area contributed by atoms with Crippen molar-refractivity contribution in [3.05, 3.63) is 0 Å². The van der Waals surface area contributed by atoms with Gasteiger partial charge in [0.1, 0.15) is 0 Å². The Morgan fingerprint density at radius 2 is 2.22 bits per heavy atom. The first kappa shape index (κ1) is 9.25. The number of nitrogens with one attached hydrogen (secondary N) is 1. The molecule has 0 amide bonds. The molecule has 1 nitrogen and oxygen atoms in total. The van der Waals surface area contributed by atoms with Gasteiger partial charge in [0.2, 0.25) is 0 Å². The van der Waals surface area contributed by atoms with Gasteiger partial charge in [-0.25, -0.2) is 0 Å². The zero-order chi connectivity index (χ0) is 7.11. The molecule has 0 aliphatic heterocycles. The van der Waals surface area contributed by atoms with Crippen LogP contribution < -0.4 is 5.32 Å². The molecule has 1 N–H and O–H groups in total. The van der Waals surface area contributed by atoms with Crippen LogP contribution in [0, 0.1) is 0 Å². The zero-order valence-electron chi connectivity index (χ0n) is 6.28. The number of hydrogen-bond donors (Lipinski definition) is 1. The van der Waals surface area contributed by atoms with E-state index in [0.29, 0.717) is 0 Å². The number of hydrogen-bond acceptors (Lipinski definition) is 1. The van der Waals surface area contributed by atoms with Crippen LogP contribution in [0.1, 0.15) is 26.7 Å². The van der Waals surface area contributed by atoms with E-state index < -0.39 is 0 Å². The molecule has 0 fully saturated rings. The first-order chi connectivity index (χ1) is 4.27. The van der Waals surface area contributed by atoms with Crippen molar-refractivity contribution in [1.29, 1.82) is 0 Å². The zero-order valence-corrected chi connectivity index (χ0v) is 7.04. The maximum atomic E-state index is 5.69. The highest BCUT2D eigenvalue weighted by Gasteiger charge is 1.92. The van der Waals surface area contributed by atoms with E-state index in [-0.39, 0.29) is 5.38 Å². The Labute approximate surface area is 62.8 Å². The van der Waals surface area contributed by atoms with Gasteiger partial charge in [0.25, 0.3) is 0 Å². The summed E-state index contributed by atoms with van der Waals surface area (Å²) in [6, 6.07) is 0. The molecule has 0 aromatic carbocycles. The maximum absolute atomic E-state index is 5.69. The summed E-state index contributed by atoms with van der Waals surface area (Å²) in [6.45, 7) is 6.22. The Morgan fingerprint density at radius 3 is 2.67 bits per heavy atom. The lowest BCUT2D eigenvalue weighted by Crippen LogP contribution is -2.22. The number of alkyl halides is 1. The van der Waals surface area contributed by atoms with Crippen LogP contribution in [0.3, 0.4) is 0 Å². The second kappa shape index (κ2) is 6.37. The van der Waals surface area contributed by atoms with Gasteiger partial charge in [0, 0.05) is 11.9 Å². The van der Waals surface area contributed by atoms with Crippen LogP contribution in [-0.2, 0) is 0 Å². The summed E-state index contributed by atoms with van der Waals surface area (Å²) in [5.41, 5.74) is 0. The smallest absolute Gasteiger partial charge is 0.0432 e. The Kier molecular flexibility index (Phi) is 6.55. The molecule has 56 valence electrons. The van der Waals surface area contributed by atoms with Crippen LogP contribution in [0.25, 0.3) is 0 Å². The molecule has 0 aromatic heterocycles. The molecule has 0 saturated carbocycles. The molecule has 0 bridgehead atoms. The second-order valence-corrected chi connectivity index (χ2v) is 3.08. The Bertz CT molecular complexity index is 54.9. The fraction of sp³-hybridized carbons (Fsp3) is 1.00. The fourth-order valence-corrected chi connectivity index (χ4v) is 0.712. The maximum Gasteiger partial charge on any atom is 0.0432 e. The van der Waals surface area contributed by atoms with Gasteiger partial charge in [-0.15, -0.1) is 11.6 Å². The summed E-state index contributed by atoms with van der Waals surface area (Å²) in [7, 11) is 0. The van der Waals surface area contributed by atoms with E-state index in [1.807, 2.05) is 6.92 Å². The van der Waals surface area contributed by atoms with Crippen LogP contribution in [0.15, 0.2) is 0 Å². The number of unbranched alkanes of at least 4 members (excludes halogenated alkanes) is 1. The Balaban J connectivity index is 2.75. The number of halogens is 1. The van der Waals surface area contributed by atoms with E-state index in [0.717, 1.165) is 13.1 Å². The van der Waals surface area contributed by atoms with Crippen LogP contribution >= 0.6 is 11.6 Å². The van der Waals surface area contributed by atoms with Crippen molar-refractivity contribution in [3.63, 3.8) is 0 Å². The summed E-state index contributed by atoms with van der Waals surface area (Å²) in [4.78, 5) is 0. The van der Waals surface area contributed by atoms with Crippen LogP contribution in [-0.4, -0.2) is 18.5 Å². The molecule has 0 aliphatic carbocycles. The third kappa shape index (κ3) is 8.25. The first-order valence-electron chi connectivity index (χ1n) is 3.62. The standard InChI is InChI=1S/C7H16ClN/c1-3-4-5-9-6-7(2)8/h7,9H,3-6H2,1-2H3. The molecule has 9 heavy (non-hydrogen) atoms. The molecule has 0 heterocycles. The molecule has 1 unspecified atom stereocenters. The third-order valence-corrected chi connectivity index (χ3v) is 1.29. The van der Waals surface area contributed by atoms with Gasteiger partial charge in [-0.3, -0.25) is 0 Å². The lowest BCUT2D eigenvalue weighted by atomic mass is 10.3. The van der Waals surface area contributed by atoms with E-state index in [4.69, 9.17) is 11.6 Å². The average Bonchev–Trinajstić information content (AvgIpc) is 1.80. The quantitative estimate of drug-likeness (QED) is 0.466. The SMILES string of the molecule is CCCCNCC(C)Cl. The molecular weight excluding hydrogens is 134 g/mol. The summed E-state index contributed by atoms with van der Waals surface area (Å²) in [6.07, 6.45) is 2.51. The minimum absolute atomic E-state index is 0.266. The van der Waals surface area contributed by atoms with Crippen molar-refractivity contribution in [3.8, 4) is 0 Å². The van der Waals surface area contributed by atoms with Crippen LogP contribution in [0.4, 0.5) is 0 Å². The van der Waals surface area contributed by atoms with Crippen molar-refractivity contribution in [2.45, 2.75) is 32.1 Å². The van der Waals surface area contributed by atoms with Gasteiger partial charge in [-0.05, 0) is 19.9 Å². The summed E-state index contributed by atoms with van der Waals surface area (Å²) in [5, 5.41) is 3.52. The third-order valence-electron chi connectivity index (χ3n) is 1.13. The minimum Gasteiger partial charge on any atom is -0.315 e. The lowest BCUT2D eigenvalue weighted by molar-refractivity contribution is 0.636. The van der Waals surface area contributed by atoms with E-state index >= 15 is 0 Å². The Hall–Kier alpha value is 0.250. The lowest BCUT2D eigenvalue weighted by Gasteiger charge is -2.03. The minimum atomic E-state index is 0.266. The van der Waals surface area contributed by atoms with E-state index in [9.17, 15) is 0 Å². The normalized spacial score (nSPS) is 13.7. The highest BCUT2D eigenvalue weighted by Crippen LogP contribution is 1.89. The summed E-state index contributed by atoms with van der Waals surface area (Å²) >= 11 is 5.69. The number of rotatable bonds is 5. The highest BCUT2D eigenvalue weighted by atomic mass is 35.5. The largest absolute Gasteiger partial charge is 0.315 e. The topological polar surface area (TPSA) is 12.0 Å². The van der Waals surface area contributed by atoms with Gasteiger partial charge in [-0.1, -0.05) is 13.3 Å². The van der Waals surface area contributed by atoms with Crippen molar-refractivity contribution >= 4 is 11.6 Å². The summed E-state index contributed by atoms with van der Waals surface area (Å²) in [5.74, 6) is 0. The van der Waals surface area contributed by atoms with Crippen molar-refractivity contribution in [2.75, 3.05) is 13.1 Å². The molecule has 2 heteroatoms. The monoisotopic (exact) mass is 149 g/mol. The van der Waals surface area contributed by atoms with Crippen molar-refractivity contribution in [2.24, 2.45) is 0 Å². The first-order valence-corrected chi connectivity index (χ1v) is 4.05. The van der Waals surface area contributed by atoms with Gasteiger partial charge in [0.15, 0.2) is 0 Å². The van der Waals surface area contributed by atoms with E-state index in [1.54, 1.807) is 0 Å². The van der Waals surface area contributed by atoms with Crippen molar-refractivity contribution < 1.29 is 0 Å². The predicted octanol–water partition coefficient (Wildman–Crippen LogP) is 2.00. The fourth-order valence-electron chi connectivity index (χ4n) is 0.603. The Morgan fingerprint density at radius 1 is 1.56 bits per heavy atom. The molecule has 1 atom stereocenters. The van der Waals surface area contributed by atoms with Crippen LogP contribution in [0.5, 0.6) is 0 Å². The molecule has 0 radical (unpaired) electrons. The second-order valence-electron chi connectivity index (χ2n) is 2.34. The molecule has 0 saturated heterocycles. The molecule has 0 aromatic rings. The average molecular weight is 150 g/mol. The molecule has 0 rings (SSSR count). The summed E-state index contributed by atoms with van der Waals surface area (Å²) < 4.78 is 0. The van der Waals surface area contributed by atoms with E-state index in [2.05, 4.69) is 12.2 Å². The van der Waals surface area contributed by atoms with Gasteiger partial charge < -0.3 is 5.32 Å². The predicted molar refractivity (Wildman–Crippen MR) is 43.1 cm³/mol. The van der Waals surface area contributed by atoms with Gasteiger partial charge in [0.05, 0.1) is 0 Å². The van der Waals surface area contributed by atoms with Crippen LogP contribution in [0.2, 0.25) is 0 Å². The molecule has 0 aliphatic rings. The van der Waals surface area contributed by atoms with Crippen molar-refractivity contribution in [1.82, 2.24) is 5.32 Å². The van der Waals surface area contributed by atoms with Gasteiger partial charge >= 0.3 is 0 Å².